The molecule has 0 aromatic carbocycles. The maximum absolute atomic E-state index is 12.4. The minimum Gasteiger partial charge on any atom is -0.294 e. The molecule has 0 unspecified atom stereocenters. The van der Waals surface area contributed by atoms with E-state index in [2.05, 4.69) is 17.1 Å². The Balaban J connectivity index is 1.91. The molecule has 0 bridgehead atoms. The predicted molar refractivity (Wildman–Crippen MR) is 75.8 cm³/mol. The standard InChI is InChI=1S/C15H16N4O/c1-3-11-8-12(18(2)17-11)9-15(20)13-10-16-19-7-5-4-6-14(13)19/h4-8,10H,3,9H2,1-2H3. The number of hydrogen-bond acceptors (Lipinski definition) is 3. The highest BCUT2D eigenvalue weighted by molar-refractivity contribution is 6.03. The molecule has 0 amide bonds. The second-order valence-electron chi connectivity index (χ2n) is 4.79. The normalized spacial score (nSPS) is 11.1. The van der Waals surface area contributed by atoms with Crippen LogP contribution in [-0.4, -0.2) is 25.2 Å². The van der Waals surface area contributed by atoms with E-state index in [1.165, 1.54) is 0 Å². The van der Waals surface area contributed by atoms with Crippen LogP contribution in [0.4, 0.5) is 0 Å². The number of ketones is 1. The van der Waals surface area contributed by atoms with Gasteiger partial charge in [0, 0.05) is 18.9 Å². The van der Waals surface area contributed by atoms with Gasteiger partial charge < -0.3 is 0 Å². The Bertz CT molecular complexity index is 769. The Kier molecular flexibility index (Phi) is 3.10. The Morgan fingerprint density at radius 2 is 2.20 bits per heavy atom. The smallest absolute Gasteiger partial charge is 0.172 e. The van der Waals surface area contributed by atoms with Gasteiger partial charge >= 0.3 is 0 Å². The van der Waals surface area contributed by atoms with Crippen molar-refractivity contribution in [2.24, 2.45) is 7.05 Å². The van der Waals surface area contributed by atoms with Crippen molar-refractivity contribution in [1.29, 1.82) is 0 Å². The number of fused-ring (bicyclic) bond motifs is 1. The summed E-state index contributed by atoms with van der Waals surface area (Å²) in [6, 6.07) is 7.69. The fourth-order valence-corrected chi connectivity index (χ4v) is 2.32. The first-order valence-corrected chi connectivity index (χ1v) is 6.66. The highest BCUT2D eigenvalue weighted by Gasteiger charge is 2.15. The summed E-state index contributed by atoms with van der Waals surface area (Å²) in [5.41, 5.74) is 3.44. The molecule has 3 aromatic rings. The maximum Gasteiger partial charge on any atom is 0.172 e. The number of rotatable bonds is 4. The third kappa shape index (κ3) is 2.11. The number of aromatic nitrogens is 4. The van der Waals surface area contributed by atoms with E-state index in [1.54, 1.807) is 15.4 Å². The number of aryl methyl sites for hydroxylation is 2. The van der Waals surface area contributed by atoms with E-state index < -0.39 is 0 Å². The Hall–Kier alpha value is -2.43. The number of carbonyl (C=O) groups excluding carboxylic acids is 1. The molecule has 0 radical (unpaired) electrons. The molecule has 0 aliphatic heterocycles. The molecule has 0 aliphatic rings. The molecule has 0 saturated carbocycles. The summed E-state index contributed by atoms with van der Waals surface area (Å²) in [6.07, 6.45) is 4.69. The van der Waals surface area contributed by atoms with E-state index in [4.69, 9.17) is 0 Å². The Morgan fingerprint density at radius 3 is 2.95 bits per heavy atom. The zero-order valence-electron chi connectivity index (χ0n) is 11.6. The largest absolute Gasteiger partial charge is 0.294 e. The van der Waals surface area contributed by atoms with Gasteiger partial charge in [-0.3, -0.25) is 9.48 Å². The van der Waals surface area contributed by atoms with Gasteiger partial charge in [0.05, 0.1) is 29.4 Å². The number of Topliss-reactive ketones (excluding diaryl/α,β-unsaturated/α-hetero) is 1. The number of hydrogen-bond donors (Lipinski definition) is 0. The van der Waals surface area contributed by atoms with Crippen LogP contribution in [0.2, 0.25) is 0 Å². The van der Waals surface area contributed by atoms with Crippen molar-refractivity contribution in [1.82, 2.24) is 19.4 Å². The quantitative estimate of drug-likeness (QED) is 0.680. The zero-order chi connectivity index (χ0) is 14.1. The van der Waals surface area contributed by atoms with Gasteiger partial charge in [-0.2, -0.15) is 10.2 Å². The molecule has 0 fully saturated rings. The lowest BCUT2D eigenvalue weighted by molar-refractivity contribution is 0.0992. The lowest BCUT2D eigenvalue weighted by Gasteiger charge is -2.00. The van der Waals surface area contributed by atoms with Crippen LogP contribution >= 0.6 is 0 Å². The van der Waals surface area contributed by atoms with Crippen molar-refractivity contribution in [3.05, 3.63) is 53.6 Å². The van der Waals surface area contributed by atoms with Crippen LogP contribution in [0, 0.1) is 0 Å². The summed E-state index contributed by atoms with van der Waals surface area (Å²) in [5, 5.41) is 8.57. The van der Waals surface area contributed by atoms with Crippen molar-refractivity contribution < 1.29 is 4.79 Å². The molecule has 102 valence electrons. The van der Waals surface area contributed by atoms with Gasteiger partial charge in [0.15, 0.2) is 5.78 Å². The fraction of sp³-hybridized carbons (Fsp3) is 0.267. The monoisotopic (exact) mass is 268 g/mol. The van der Waals surface area contributed by atoms with Crippen molar-refractivity contribution >= 4 is 11.3 Å². The average molecular weight is 268 g/mol. The molecule has 0 atom stereocenters. The second kappa shape index (κ2) is 4.92. The van der Waals surface area contributed by atoms with Crippen molar-refractivity contribution in [2.45, 2.75) is 19.8 Å². The van der Waals surface area contributed by atoms with Crippen LogP contribution in [0.25, 0.3) is 5.52 Å². The highest BCUT2D eigenvalue weighted by atomic mass is 16.1. The van der Waals surface area contributed by atoms with Crippen LogP contribution in [-0.2, 0) is 19.9 Å². The van der Waals surface area contributed by atoms with Crippen LogP contribution in [0.15, 0.2) is 36.7 Å². The number of carbonyl (C=O) groups is 1. The van der Waals surface area contributed by atoms with Gasteiger partial charge in [-0.05, 0) is 24.6 Å². The zero-order valence-corrected chi connectivity index (χ0v) is 11.6. The summed E-state index contributed by atoms with van der Waals surface area (Å²) < 4.78 is 3.50. The Labute approximate surface area is 116 Å². The first-order chi connectivity index (χ1) is 9.69. The van der Waals surface area contributed by atoms with Crippen molar-refractivity contribution in [2.75, 3.05) is 0 Å². The molecule has 3 heterocycles. The summed E-state index contributed by atoms with van der Waals surface area (Å²) >= 11 is 0. The molecule has 5 heteroatoms. The second-order valence-corrected chi connectivity index (χ2v) is 4.79. The molecule has 20 heavy (non-hydrogen) atoms. The van der Waals surface area contributed by atoms with Crippen molar-refractivity contribution in [3.63, 3.8) is 0 Å². The van der Waals surface area contributed by atoms with E-state index in [9.17, 15) is 4.79 Å². The molecule has 3 rings (SSSR count). The number of nitrogens with zero attached hydrogens (tertiary/aromatic N) is 4. The first-order valence-electron chi connectivity index (χ1n) is 6.66. The Morgan fingerprint density at radius 1 is 1.35 bits per heavy atom. The summed E-state index contributed by atoms with van der Waals surface area (Å²) in [6.45, 7) is 2.05. The van der Waals surface area contributed by atoms with Gasteiger partial charge in [0.2, 0.25) is 0 Å². The fourth-order valence-electron chi connectivity index (χ4n) is 2.32. The summed E-state index contributed by atoms with van der Waals surface area (Å²) in [5.74, 6) is 0.0665. The van der Waals surface area contributed by atoms with E-state index in [-0.39, 0.29) is 5.78 Å². The predicted octanol–water partition coefficient (Wildman–Crippen LogP) is 2.06. The van der Waals surface area contributed by atoms with Gasteiger partial charge in [-0.25, -0.2) is 4.52 Å². The highest BCUT2D eigenvalue weighted by Crippen LogP contribution is 2.14. The molecule has 0 aliphatic carbocycles. The molecule has 0 N–H and O–H groups in total. The molecule has 5 nitrogen and oxygen atoms in total. The maximum atomic E-state index is 12.4. The third-order valence-corrected chi connectivity index (χ3v) is 3.46. The van der Waals surface area contributed by atoms with Crippen LogP contribution < -0.4 is 0 Å². The minimum atomic E-state index is 0.0665. The van der Waals surface area contributed by atoms with Crippen LogP contribution in [0.1, 0.15) is 28.7 Å². The molecular formula is C15H16N4O. The lowest BCUT2D eigenvalue weighted by atomic mass is 10.1. The minimum absolute atomic E-state index is 0.0665. The van der Waals surface area contributed by atoms with Crippen LogP contribution in [0.3, 0.4) is 0 Å². The molecule has 0 spiro atoms. The molecule has 0 saturated heterocycles. The third-order valence-electron chi connectivity index (χ3n) is 3.46. The van der Waals surface area contributed by atoms with E-state index in [1.807, 2.05) is 37.5 Å². The lowest BCUT2D eigenvalue weighted by Crippen LogP contribution is -2.07. The summed E-state index contributed by atoms with van der Waals surface area (Å²) in [4.78, 5) is 12.4. The van der Waals surface area contributed by atoms with E-state index in [0.29, 0.717) is 12.0 Å². The van der Waals surface area contributed by atoms with E-state index in [0.717, 1.165) is 23.3 Å². The first kappa shape index (κ1) is 12.6. The van der Waals surface area contributed by atoms with Crippen LogP contribution in [0.5, 0.6) is 0 Å². The van der Waals surface area contributed by atoms with Gasteiger partial charge in [-0.15, -0.1) is 0 Å². The molecule has 3 aromatic heterocycles. The average Bonchev–Trinajstić information content (AvgIpc) is 3.03. The van der Waals surface area contributed by atoms with Gasteiger partial charge in [-0.1, -0.05) is 13.0 Å². The van der Waals surface area contributed by atoms with Crippen molar-refractivity contribution in [3.8, 4) is 0 Å². The van der Waals surface area contributed by atoms with Gasteiger partial charge in [0.1, 0.15) is 0 Å². The van der Waals surface area contributed by atoms with Gasteiger partial charge in [0.25, 0.3) is 0 Å². The van der Waals surface area contributed by atoms with E-state index >= 15 is 0 Å². The SMILES string of the molecule is CCc1cc(CC(=O)c2cnn3ccccc23)n(C)n1. The number of pyridine rings is 1. The topological polar surface area (TPSA) is 52.2 Å². The summed E-state index contributed by atoms with van der Waals surface area (Å²) in [7, 11) is 1.87. The molecular weight excluding hydrogens is 252 g/mol.